The average molecular weight is 428 g/mol. The summed E-state index contributed by atoms with van der Waals surface area (Å²) in [5.74, 6) is -0.328. The Morgan fingerprint density at radius 3 is 2.50 bits per heavy atom. The van der Waals surface area contributed by atoms with Crippen LogP contribution in [0.4, 0.5) is 0 Å². The second kappa shape index (κ2) is 8.66. The fraction of sp³-hybridized carbons (Fsp3) is 0.650. The van der Waals surface area contributed by atoms with Gasteiger partial charge in [-0.15, -0.1) is 0 Å². The van der Waals surface area contributed by atoms with Crippen LogP contribution in [0, 0.1) is 0 Å². The maximum absolute atomic E-state index is 11.1. The summed E-state index contributed by atoms with van der Waals surface area (Å²) in [5.41, 5.74) is -0.0595. The Morgan fingerprint density at radius 1 is 1.20 bits per heavy atom. The highest BCUT2D eigenvalue weighted by atomic mass is 16.7. The van der Waals surface area contributed by atoms with Crippen LogP contribution in [0.5, 0.6) is 11.5 Å². The number of fused-ring (bicyclic) bond motifs is 1. The van der Waals surface area contributed by atoms with Gasteiger partial charge in [-0.3, -0.25) is 4.79 Å². The Morgan fingerprint density at radius 2 is 1.90 bits per heavy atom. The predicted molar refractivity (Wildman–Crippen MR) is 101 cm³/mol. The second-order valence-electron chi connectivity index (χ2n) is 8.20. The summed E-state index contributed by atoms with van der Waals surface area (Å²) < 4.78 is 17.1. The van der Waals surface area contributed by atoms with Gasteiger partial charge in [-0.05, 0) is 31.9 Å². The molecule has 10 nitrogen and oxygen atoms in total. The maximum Gasteiger partial charge on any atom is 0.303 e. The van der Waals surface area contributed by atoms with E-state index in [1.807, 2.05) is 0 Å². The summed E-state index contributed by atoms with van der Waals surface area (Å²) in [6, 6.07) is 3.30. The molecule has 1 aromatic rings. The maximum atomic E-state index is 11.1. The quantitative estimate of drug-likeness (QED) is 0.316. The zero-order valence-corrected chi connectivity index (χ0v) is 16.8. The number of hydrogen-bond acceptors (Lipinski definition) is 9. The van der Waals surface area contributed by atoms with Crippen LogP contribution >= 0.6 is 0 Å². The number of carboxylic acid groups (broad SMARTS) is 1. The number of aryl methyl sites for hydroxylation is 1. The van der Waals surface area contributed by atoms with E-state index in [0.717, 1.165) is 0 Å². The molecule has 2 aliphatic rings. The van der Waals surface area contributed by atoms with Crippen molar-refractivity contribution in [1.29, 1.82) is 0 Å². The number of aliphatic carboxylic acids is 1. The zero-order chi connectivity index (χ0) is 22.2. The van der Waals surface area contributed by atoms with Crippen molar-refractivity contribution in [2.24, 2.45) is 0 Å². The second-order valence-corrected chi connectivity index (χ2v) is 8.20. The molecule has 0 radical (unpaired) electrons. The van der Waals surface area contributed by atoms with Gasteiger partial charge in [-0.25, -0.2) is 0 Å². The van der Waals surface area contributed by atoms with E-state index in [4.69, 9.17) is 19.3 Å². The van der Waals surface area contributed by atoms with Gasteiger partial charge in [0.1, 0.15) is 42.0 Å². The fourth-order valence-corrected chi connectivity index (χ4v) is 3.60. The van der Waals surface area contributed by atoms with Crippen molar-refractivity contribution in [3.8, 4) is 11.5 Å². The minimum atomic E-state index is -1.61. The van der Waals surface area contributed by atoms with Crippen LogP contribution in [0.2, 0.25) is 0 Å². The highest BCUT2D eigenvalue weighted by Gasteiger charge is 2.46. The molecule has 10 heteroatoms. The largest absolute Gasteiger partial charge is 0.487 e. The van der Waals surface area contributed by atoms with Gasteiger partial charge in [-0.1, -0.05) is 6.07 Å². The molecule has 1 saturated heterocycles. The van der Waals surface area contributed by atoms with Crippen molar-refractivity contribution in [1.82, 2.24) is 0 Å². The first-order chi connectivity index (χ1) is 14.0. The molecule has 0 spiro atoms. The molecule has 0 amide bonds. The molecule has 6 atom stereocenters. The van der Waals surface area contributed by atoms with Crippen molar-refractivity contribution in [2.75, 3.05) is 6.61 Å². The third kappa shape index (κ3) is 4.53. The molecular weight excluding hydrogens is 400 g/mol. The molecule has 0 bridgehead atoms. The Hall–Kier alpha value is -1.95. The number of aliphatic hydroxyl groups is 5. The normalized spacial score (nSPS) is 31.2. The van der Waals surface area contributed by atoms with Crippen LogP contribution in [-0.4, -0.2) is 85.6 Å². The summed E-state index contributed by atoms with van der Waals surface area (Å²) in [6.07, 6.45) is -7.65. The van der Waals surface area contributed by atoms with Crippen molar-refractivity contribution in [3.05, 3.63) is 23.3 Å². The number of aliphatic hydroxyl groups excluding tert-OH is 4. The van der Waals surface area contributed by atoms with Gasteiger partial charge in [0.15, 0.2) is 0 Å². The van der Waals surface area contributed by atoms with Crippen LogP contribution in [0.3, 0.4) is 0 Å². The summed E-state index contributed by atoms with van der Waals surface area (Å²) in [7, 11) is 0. The van der Waals surface area contributed by atoms with E-state index >= 15 is 0 Å². The third-order valence-corrected chi connectivity index (χ3v) is 5.44. The summed E-state index contributed by atoms with van der Waals surface area (Å²) in [6.45, 7) is 2.60. The lowest BCUT2D eigenvalue weighted by Gasteiger charge is -2.40. The molecule has 3 rings (SSSR count). The number of carboxylic acids is 1. The SMILES string of the molecule is CC(C)(O)[C@@H]1Cc2c(ccc(CCC(=O)O)c2O[C@@H]2O[C@H](CO)[C@@H](O)[C@H](O)[C@H]2O)O1. The van der Waals surface area contributed by atoms with Crippen LogP contribution in [0.15, 0.2) is 12.1 Å². The lowest BCUT2D eigenvalue weighted by Crippen LogP contribution is -2.60. The molecule has 2 aliphatic heterocycles. The van der Waals surface area contributed by atoms with Gasteiger partial charge in [0.2, 0.25) is 6.29 Å². The van der Waals surface area contributed by atoms with Crippen LogP contribution in [0.25, 0.3) is 0 Å². The lowest BCUT2D eigenvalue weighted by atomic mass is 9.95. The third-order valence-electron chi connectivity index (χ3n) is 5.44. The van der Waals surface area contributed by atoms with E-state index in [0.29, 0.717) is 16.9 Å². The van der Waals surface area contributed by atoms with Crippen LogP contribution < -0.4 is 9.47 Å². The molecule has 30 heavy (non-hydrogen) atoms. The average Bonchev–Trinajstić information content (AvgIpc) is 3.12. The minimum Gasteiger partial charge on any atom is -0.487 e. The number of benzene rings is 1. The van der Waals surface area contributed by atoms with Gasteiger partial charge in [0.05, 0.1) is 12.2 Å². The molecule has 1 aromatic carbocycles. The smallest absolute Gasteiger partial charge is 0.303 e. The standard InChI is InChI=1S/C20H28O10/c1-20(2,27)13-7-10-11(28-13)5-3-9(4-6-14(22)23)18(10)30-19-17(26)16(25)15(24)12(8-21)29-19/h3,5,12-13,15-17,19,21,24-27H,4,6-8H2,1-2H3,(H,22,23)/t12-,13+,15-,16+,17-,19+/m1/s1. The molecule has 0 aliphatic carbocycles. The molecular formula is C20H28O10. The van der Waals surface area contributed by atoms with Gasteiger partial charge < -0.3 is 44.8 Å². The highest BCUT2D eigenvalue weighted by Crippen LogP contribution is 2.42. The molecule has 6 N–H and O–H groups in total. The van der Waals surface area contributed by atoms with E-state index in [1.165, 1.54) is 0 Å². The van der Waals surface area contributed by atoms with E-state index in [-0.39, 0.29) is 25.0 Å². The van der Waals surface area contributed by atoms with E-state index in [2.05, 4.69) is 0 Å². The van der Waals surface area contributed by atoms with E-state index < -0.39 is 55.0 Å². The first-order valence-corrected chi connectivity index (χ1v) is 9.75. The number of hydrogen-bond donors (Lipinski definition) is 6. The van der Waals surface area contributed by atoms with Gasteiger partial charge in [0, 0.05) is 18.4 Å². The van der Waals surface area contributed by atoms with Gasteiger partial charge in [0.25, 0.3) is 0 Å². The van der Waals surface area contributed by atoms with Crippen LogP contribution in [0.1, 0.15) is 31.4 Å². The fourth-order valence-electron chi connectivity index (χ4n) is 3.60. The summed E-state index contributed by atoms with van der Waals surface area (Å²) in [5, 5.41) is 59.1. The monoisotopic (exact) mass is 428 g/mol. The van der Waals surface area contributed by atoms with Crippen LogP contribution in [-0.2, 0) is 22.4 Å². The first-order valence-electron chi connectivity index (χ1n) is 9.75. The molecule has 0 unspecified atom stereocenters. The van der Waals surface area contributed by atoms with Gasteiger partial charge in [-0.2, -0.15) is 0 Å². The Bertz CT molecular complexity index is 772. The summed E-state index contributed by atoms with van der Waals surface area (Å²) >= 11 is 0. The Balaban J connectivity index is 1.94. The van der Waals surface area contributed by atoms with Crippen molar-refractivity contribution >= 4 is 5.97 Å². The number of carbonyl (C=O) groups is 1. The molecule has 168 valence electrons. The summed E-state index contributed by atoms with van der Waals surface area (Å²) in [4.78, 5) is 11.1. The molecule has 2 heterocycles. The van der Waals surface area contributed by atoms with Gasteiger partial charge >= 0.3 is 5.97 Å². The van der Waals surface area contributed by atoms with Crippen molar-refractivity contribution < 1.29 is 49.6 Å². The van der Waals surface area contributed by atoms with E-state index in [1.54, 1.807) is 26.0 Å². The van der Waals surface area contributed by atoms with Crippen molar-refractivity contribution in [2.45, 2.75) is 75.5 Å². The highest BCUT2D eigenvalue weighted by molar-refractivity contribution is 5.67. The first kappa shape index (κ1) is 22.7. The predicted octanol–water partition coefficient (Wildman–Crippen LogP) is -1.04. The Labute approximate surface area is 173 Å². The molecule has 0 saturated carbocycles. The zero-order valence-electron chi connectivity index (χ0n) is 16.8. The van der Waals surface area contributed by atoms with Crippen molar-refractivity contribution in [3.63, 3.8) is 0 Å². The minimum absolute atomic E-state index is 0.128. The number of rotatable bonds is 7. The number of ether oxygens (including phenoxy) is 3. The Kier molecular flexibility index (Phi) is 6.56. The van der Waals surface area contributed by atoms with E-state index in [9.17, 15) is 30.3 Å². The molecule has 0 aromatic heterocycles. The molecule has 1 fully saturated rings. The lowest BCUT2D eigenvalue weighted by molar-refractivity contribution is -0.277. The topological polar surface area (TPSA) is 166 Å².